The minimum atomic E-state index is -3.98. The van der Waals surface area contributed by atoms with E-state index in [0.717, 1.165) is 34.2 Å². The lowest BCUT2D eigenvalue weighted by Crippen LogP contribution is -2.40. The summed E-state index contributed by atoms with van der Waals surface area (Å²) in [6.45, 7) is 10.1. The average Bonchev–Trinajstić information content (AvgIpc) is 3.03. The summed E-state index contributed by atoms with van der Waals surface area (Å²) in [6.07, 6.45) is 0.880. The lowest BCUT2D eigenvalue weighted by atomic mass is 9.97. The van der Waals surface area contributed by atoms with Gasteiger partial charge >= 0.3 is 0 Å². The van der Waals surface area contributed by atoms with Gasteiger partial charge in [-0.25, -0.2) is 18.1 Å². The van der Waals surface area contributed by atoms with Crippen LogP contribution in [0.25, 0.3) is 22.4 Å². The van der Waals surface area contributed by atoms with Gasteiger partial charge in [0.15, 0.2) is 0 Å². The van der Waals surface area contributed by atoms with Crippen LogP contribution in [0.15, 0.2) is 108 Å². The SMILES string of the molecule is Cc1cccc(C)c1-c1cc2nc(n1)NS(=O)(=O)c1cccc(c1)CN(Cc1ccccc1-c1ccccc1)[C@H](CC(C)C)CO2. The molecule has 1 aliphatic rings. The van der Waals surface area contributed by atoms with Crippen LogP contribution in [0.4, 0.5) is 5.95 Å². The molecule has 0 saturated heterocycles. The van der Waals surface area contributed by atoms with Crippen LogP contribution in [-0.2, 0) is 23.1 Å². The fourth-order valence-electron chi connectivity index (χ4n) is 6.25. The molecule has 0 spiro atoms. The highest BCUT2D eigenvalue weighted by molar-refractivity contribution is 7.92. The molecule has 1 aromatic heterocycles. The smallest absolute Gasteiger partial charge is 0.264 e. The molecule has 4 aromatic carbocycles. The Morgan fingerprint density at radius 3 is 2.35 bits per heavy atom. The van der Waals surface area contributed by atoms with E-state index >= 15 is 0 Å². The van der Waals surface area contributed by atoms with Crippen LogP contribution in [0, 0.1) is 19.8 Å². The monoisotopic (exact) mass is 632 g/mol. The summed E-state index contributed by atoms with van der Waals surface area (Å²) in [5.74, 6) is 0.708. The first-order valence-corrected chi connectivity index (χ1v) is 17.2. The van der Waals surface area contributed by atoms with Crippen molar-refractivity contribution in [1.82, 2.24) is 14.9 Å². The van der Waals surface area contributed by atoms with Gasteiger partial charge in [0, 0.05) is 30.8 Å². The summed E-state index contributed by atoms with van der Waals surface area (Å²) in [5.41, 5.74) is 8.03. The van der Waals surface area contributed by atoms with Gasteiger partial charge in [-0.05, 0) is 71.7 Å². The number of rotatable bonds is 6. The largest absolute Gasteiger partial charge is 0.476 e. The van der Waals surface area contributed by atoms with E-state index in [1.165, 1.54) is 11.1 Å². The topological polar surface area (TPSA) is 84.4 Å². The van der Waals surface area contributed by atoms with Gasteiger partial charge in [-0.3, -0.25) is 4.90 Å². The quantitative estimate of drug-likeness (QED) is 0.204. The molecule has 7 nitrogen and oxygen atoms in total. The number of aryl methyl sites for hydroxylation is 2. The molecule has 4 bridgehead atoms. The van der Waals surface area contributed by atoms with Crippen LogP contribution < -0.4 is 9.46 Å². The third-order valence-corrected chi connectivity index (χ3v) is 9.74. The predicted molar refractivity (Wildman–Crippen MR) is 184 cm³/mol. The summed E-state index contributed by atoms with van der Waals surface area (Å²) in [6, 6.07) is 33.9. The van der Waals surface area contributed by atoms with Crippen molar-refractivity contribution < 1.29 is 13.2 Å². The molecule has 1 aliphatic heterocycles. The zero-order valence-corrected chi connectivity index (χ0v) is 27.6. The molecule has 1 N–H and O–H groups in total. The Balaban J connectivity index is 1.46. The van der Waals surface area contributed by atoms with Crippen molar-refractivity contribution in [3.8, 4) is 28.3 Å². The Morgan fingerprint density at radius 1 is 0.870 bits per heavy atom. The van der Waals surface area contributed by atoms with Gasteiger partial charge in [0.2, 0.25) is 11.8 Å². The molecule has 236 valence electrons. The van der Waals surface area contributed by atoms with E-state index in [4.69, 9.17) is 4.74 Å². The first-order chi connectivity index (χ1) is 22.2. The van der Waals surface area contributed by atoms with Gasteiger partial charge in [0.05, 0.1) is 10.6 Å². The van der Waals surface area contributed by atoms with Crippen molar-refractivity contribution in [1.29, 1.82) is 0 Å². The number of hydrogen-bond donors (Lipinski definition) is 1. The van der Waals surface area contributed by atoms with Gasteiger partial charge in [0.1, 0.15) is 6.61 Å². The Hall–Kier alpha value is -4.53. The fraction of sp³-hybridized carbons (Fsp3) is 0.263. The first-order valence-electron chi connectivity index (χ1n) is 15.7. The molecular weight excluding hydrogens is 593 g/mol. The average molecular weight is 633 g/mol. The number of aromatic nitrogens is 2. The predicted octanol–water partition coefficient (Wildman–Crippen LogP) is 8.04. The van der Waals surface area contributed by atoms with E-state index in [9.17, 15) is 8.42 Å². The van der Waals surface area contributed by atoms with Crippen molar-refractivity contribution in [3.63, 3.8) is 0 Å². The zero-order chi connectivity index (χ0) is 32.3. The Morgan fingerprint density at radius 2 is 1.59 bits per heavy atom. The molecule has 0 unspecified atom stereocenters. The molecule has 2 heterocycles. The van der Waals surface area contributed by atoms with Crippen LogP contribution >= 0.6 is 0 Å². The maximum atomic E-state index is 13.7. The van der Waals surface area contributed by atoms with E-state index in [-0.39, 0.29) is 16.9 Å². The molecule has 0 fully saturated rings. The summed E-state index contributed by atoms with van der Waals surface area (Å²) in [4.78, 5) is 11.8. The number of fused-ring (bicyclic) bond motifs is 4. The van der Waals surface area contributed by atoms with E-state index in [1.807, 2.05) is 50.2 Å². The van der Waals surface area contributed by atoms with Gasteiger partial charge < -0.3 is 4.74 Å². The number of ether oxygens (including phenoxy) is 1. The van der Waals surface area contributed by atoms with Crippen molar-refractivity contribution in [2.75, 3.05) is 11.3 Å². The molecule has 0 saturated carbocycles. The summed E-state index contributed by atoms with van der Waals surface area (Å²) in [5, 5.41) is 0. The van der Waals surface area contributed by atoms with Crippen LogP contribution in [0.1, 0.15) is 42.5 Å². The standard InChI is InChI=1S/C38H40N4O3S/c1-26(2)20-32-25-45-36-22-35(37-27(3)12-10-13-28(37)4)39-38(40-36)41-46(43,44)33-18-11-14-29(21-33)23-42(32)24-31-17-8-9-19-34(31)30-15-6-5-7-16-30/h5-19,21-22,26,32H,20,23-25H2,1-4H3,(H,39,40,41)/t32-/m1/s1. The fourth-order valence-corrected chi connectivity index (χ4v) is 7.27. The highest BCUT2D eigenvalue weighted by Crippen LogP contribution is 2.31. The number of sulfonamides is 1. The van der Waals surface area contributed by atoms with Crippen molar-refractivity contribution in [2.45, 2.75) is 58.1 Å². The molecule has 0 radical (unpaired) electrons. The van der Waals surface area contributed by atoms with Gasteiger partial charge in [-0.1, -0.05) is 98.8 Å². The van der Waals surface area contributed by atoms with E-state index in [0.29, 0.717) is 37.2 Å². The third-order valence-electron chi connectivity index (χ3n) is 8.42. The van der Waals surface area contributed by atoms with E-state index in [1.54, 1.807) is 18.2 Å². The van der Waals surface area contributed by atoms with Crippen LogP contribution in [0.5, 0.6) is 5.88 Å². The van der Waals surface area contributed by atoms with Crippen LogP contribution in [-0.4, -0.2) is 35.9 Å². The lowest BCUT2D eigenvalue weighted by molar-refractivity contribution is 0.102. The van der Waals surface area contributed by atoms with E-state index in [2.05, 4.69) is 82.0 Å². The Bertz CT molecular complexity index is 1920. The van der Waals surface area contributed by atoms with Crippen molar-refractivity contribution >= 4 is 16.0 Å². The number of nitrogens with zero attached hydrogens (tertiary/aromatic N) is 3. The van der Waals surface area contributed by atoms with E-state index < -0.39 is 10.0 Å². The van der Waals surface area contributed by atoms with Gasteiger partial charge in [0.25, 0.3) is 10.0 Å². The first kappa shape index (κ1) is 31.5. The highest BCUT2D eigenvalue weighted by Gasteiger charge is 2.26. The highest BCUT2D eigenvalue weighted by atomic mass is 32.2. The van der Waals surface area contributed by atoms with Crippen molar-refractivity contribution in [2.24, 2.45) is 5.92 Å². The number of benzene rings is 4. The Kier molecular flexibility index (Phi) is 9.20. The molecule has 0 aliphatic carbocycles. The number of hydrogen-bond acceptors (Lipinski definition) is 6. The van der Waals surface area contributed by atoms with Crippen LogP contribution in [0.2, 0.25) is 0 Å². The summed E-state index contributed by atoms with van der Waals surface area (Å²) in [7, 11) is -3.98. The maximum Gasteiger partial charge on any atom is 0.264 e. The minimum absolute atomic E-state index is 0.0138. The molecule has 5 aromatic rings. The third kappa shape index (κ3) is 7.14. The van der Waals surface area contributed by atoms with Gasteiger partial charge in [-0.2, -0.15) is 4.98 Å². The number of nitrogens with one attached hydrogen (secondary N) is 1. The lowest BCUT2D eigenvalue weighted by Gasteiger charge is -2.33. The summed E-state index contributed by atoms with van der Waals surface area (Å²) < 4.78 is 36.5. The normalized spacial score (nSPS) is 16.4. The molecule has 1 atom stereocenters. The van der Waals surface area contributed by atoms with Crippen LogP contribution in [0.3, 0.4) is 0 Å². The minimum Gasteiger partial charge on any atom is -0.476 e. The second kappa shape index (κ2) is 13.4. The molecular formula is C38H40N4O3S. The van der Waals surface area contributed by atoms with Crippen molar-refractivity contribution in [3.05, 3.63) is 125 Å². The Labute approximate surface area is 272 Å². The molecule has 0 amide bonds. The number of anilines is 1. The molecule has 8 heteroatoms. The molecule has 6 rings (SSSR count). The van der Waals surface area contributed by atoms with Gasteiger partial charge in [-0.15, -0.1) is 0 Å². The second-order valence-electron chi connectivity index (χ2n) is 12.5. The maximum absolute atomic E-state index is 13.7. The summed E-state index contributed by atoms with van der Waals surface area (Å²) >= 11 is 0. The zero-order valence-electron chi connectivity index (χ0n) is 26.8. The molecule has 46 heavy (non-hydrogen) atoms. The second-order valence-corrected chi connectivity index (χ2v) is 14.1.